The summed E-state index contributed by atoms with van der Waals surface area (Å²) in [5.41, 5.74) is 1.40. The topological polar surface area (TPSA) is 86.8 Å². The van der Waals surface area contributed by atoms with E-state index < -0.39 is 34.3 Å². The highest BCUT2D eigenvalue weighted by Gasteiger charge is 2.36. The second-order valence-electron chi connectivity index (χ2n) is 11.2. The number of benzene rings is 4. The van der Waals surface area contributed by atoms with Crippen molar-refractivity contribution >= 4 is 50.7 Å². The fourth-order valence-corrected chi connectivity index (χ4v) is 7.52. The third kappa shape index (κ3) is 8.07. The summed E-state index contributed by atoms with van der Waals surface area (Å²) in [6.07, 6.45) is 3.85. The number of rotatable bonds is 12. The molecule has 0 unspecified atom stereocenters. The zero-order valence-corrected chi connectivity index (χ0v) is 27.3. The van der Waals surface area contributed by atoms with Gasteiger partial charge in [-0.2, -0.15) is 0 Å². The Bertz CT molecular complexity index is 1750. The molecule has 0 aromatic heterocycles. The molecular formula is C35H34Cl2FN3O4S. The highest BCUT2D eigenvalue weighted by atomic mass is 35.5. The van der Waals surface area contributed by atoms with Crippen molar-refractivity contribution in [2.45, 2.75) is 55.6 Å². The fourth-order valence-electron chi connectivity index (χ4n) is 5.63. The first-order valence-corrected chi connectivity index (χ1v) is 17.2. The van der Waals surface area contributed by atoms with E-state index in [9.17, 15) is 22.4 Å². The molecule has 0 saturated heterocycles. The molecule has 240 valence electrons. The standard InChI is InChI=1S/C35H34Cl2FN3O4S/c36-30-16-9-17-31(34(30)37)41(46(44,45)29-14-5-2-6-15-29)24-33(42)40(23-26-18-20-27(38)21-19-26)32(22-25-10-3-1-4-11-25)35(43)39-28-12-7-8-13-28/h1-6,9-11,14-21,28,32H,7-8,12-13,22-24H2,(H,39,43)/t32-/m1/s1. The smallest absolute Gasteiger partial charge is 0.264 e. The number of carbonyl (C=O) groups is 2. The van der Waals surface area contributed by atoms with E-state index in [1.807, 2.05) is 30.3 Å². The van der Waals surface area contributed by atoms with E-state index in [2.05, 4.69) is 5.32 Å². The van der Waals surface area contributed by atoms with Crippen LogP contribution in [-0.4, -0.2) is 43.8 Å². The van der Waals surface area contributed by atoms with E-state index in [0.717, 1.165) is 35.6 Å². The maximum Gasteiger partial charge on any atom is 0.264 e. The van der Waals surface area contributed by atoms with Crippen LogP contribution in [0.2, 0.25) is 10.0 Å². The minimum absolute atomic E-state index is 0.0168. The number of halogens is 3. The van der Waals surface area contributed by atoms with Crippen molar-refractivity contribution in [3.63, 3.8) is 0 Å². The number of nitrogens with one attached hydrogen (secondary N) is 1. The molecule has 46 heavy (non-hydrogen) atoms. The molecule has 7 nitrogen and oxygen atoms in total. The van der Waals surface area contributed by atoms with E-state index in [4.69, 9.17) is 23.2 Å². The van der Waals surface area contributed by atoms with Gasteiger partial charge in [0.05, 0.1) is 20.6 Å². The second-order valence-corrected chi connectivity index (χ2v) is 13.9. The molecule has 1 atom stereocenters. The first kappa shape index (κ1) is 33.4. The monoisotopic (exact) mass is 681 g/mol. The number of carbonyl (C=O) groups excluding carboxylic acids is 2. The van der Waals surface area contributed by atoms with Crippen LogP contribution >= 0.6 is 23.2 Å². The quantitative estimate of drug-likeness (QED) is 0.174. The minimum atomic E-state index is -4.33. The zero-order valence-electron chi connectivity index (χ0n) is 25.0. The highest BCUT2D eigenvalue weighted by molar-refractivity contribution is 7.92. The van der Waals surface area contributed by atoms with Gasteiger partial charge in [-0.1, -0.05) is 103 Å². The first-order chi connectivity index (χ1) is 22.1. The molecule has 0 aliphatic heterocycles. The van der Waals surface area contributed by atoms with Crippen LogP contribution < -0.4 is 9.62 Å². The van der Waals surface area contributed by atoms with E-state index in [1.54, 1.807) is 24.3 Å². The number of anilines is 1. The fraction of sp³-hybridized carbons (Fsp3) is 0.257. The lowest BCUT2D eigenvalue weighted by molar-refractivity contribution is -0.140. The summed E-state index contributed by atoms with van der Waals surface area (Å²) in [6, 6.07) is 26.1. The maximum absolute atomic E-state index is 14.5. The van der Waals surface area contributed by atoms with Gasteiger partial charge in [-0.15, -0.1) is 0 Å². The van der Waals surface area contributed by atoms with Crippen LogP contribution in [0.1, 0.15) is 36.8 Å². The summed E-state index contributed by atoms with van der Waals surface area (Å²) in [5.74, 6) is -1.44. The molecular weight excluding hydrogens is 648 g/mol. The predicted molar refractivity (Wildman–Crippen MR) is 179 cm³/mol. The van der Waals surface area contributed by atoms with Gasteiger partial charge in [0.25, 0.3) is 10.0 Å². The summed E-state index contributed by atoms with van der Waals surface area (Å²) in [7, 11) is -4.33. The molecule has 1 aliphatic rings. The van der Waals surface area contributed by atoms with Crippen LogP contribution in [0, 0.1) is 5.82 Å². The molecule has 0 bridgehead atoms. The molecule has 1 aliphatic carbocycles. The van der Waals surface area contributed by atoms with Crippen LogP contribution in [0.3, 0.4) is 0 Å². The summed E-state index contributed by atoms with van der Waals surface area (Å²) in [6.45, 7) is -0.752. The van der Waals surface area contributed by atoms with Gasteiger partial charge in [0.1, 0.15) is 18.4 Å². The Balaban J connectivity index is 1.58. The van der Waals surface area contributed by atoms with Gasteiger partial charge >= 0.3 is 0 Å². The molecule has 2 amide bonds. The van der Waals surface area contributed by atoms with E-state index in [-0.39, 0.29) is 45.5 Å². The van der Waals surface area contributed by atoms with Gasteiger partial charge in [0.2, 0.25) is 11.8 Å². The Labute approximate surface area is 279 Å². The lowest BCUT2D eigenvalue weighted by Gasteiger charge is -2.34. The van der Waals surface area contributed by atoms with Crippen molar-refractivity contribution in [1.29, 1.82) is 0 Å². The van der Waals surface area contributed by atoms with Crippen LogP contribution in [0.4, 0.5) is 10.1 Å². The van der Waals surface area contributed by atoms with Gasteiger partial charge in [-0.05, 0) is 60.4 Å². The second kappa shape index (κ2) is 15.1. The lowest BCUT2D eigenvalue weighted by Crippen LogP contribution is -2.54. The molecule has 4 aromatic rings. The molecule has 1 saturated carbocycles. The number of hydrogen-bond acceptors (Lipinski definition) is 4. The van der Waals surface area contributed by atoms with E-state index in [0.29, 0.717) is 5.56 Å². The van der Waals surface area contributed by atoms with Crippen LogP contribution in [-0.2, 0) is 32.6 Å². The van der Waals surface area contributed by atoms with Crippen molar-refractivity contribution in [3.8, 4) is 0 Å². The Morgan fingerprint density at radius 1 is 0.826 bits per heavy atom. The average Bonchev–Trinajstić information content (AvgIpc) is 3.57. The molecule has 4 aromatic carbocycles. The summed E-state index contributed by atoms with van der Waals surface area (Å²) >= 11 is 12.8. The first-order valence-electron chi connectivity index (χ1n) is 15.0. The van der Waals surface area contributed by atoms with Crippen molar-refractivity contribution in [2.75, 3.05) is 10.8 Å². The van der Waals surface area contributed by atoms with Crippen LogP contribution in [0.15, 0.2) is 108 Å². The van der Waals surface area contributed by atoms with Crippen molar-refractivity contribution in [2.24, 2.45) is 0 Å². The largest absolute Gasteiger partial charge is 0.352 e. The van der Waals surface area contributed by atoms with Gasteiger partial charge in [-0.25, -0.2) is 12.8 Å². The third-order valence-corrected chi connectivity index (χ3v) is 10.6. The average molecular weight is 683 g/mol. The van der Waals surface area contributed by atoms with Crippen molar-refractivity contribution < 1.29 is 22.4 Å². The molecule has 1 N–H and O–H groups in total. The molecule has 1 fully saturated rings. The van der Waals surface area contributed by atoms with Gasteiger partial charge in [0.15, 0.2) is 0 Å². The SMILES string of the molecule is O=C(NC1CCCC1)[C@@H](Cc1ccccc1)N(Cc1ccc(F)cc1)C(=O)CN(c1cccc(Cl)c1Cl)S(=O)(=O)c1ccccc1. The molecule has 0 spiro atoms. The van der Waals surface area contributed by atoms with Crippen LogP contribution in [0.25, 0.3) is 0 Å². The van der Waals surface area contributed by atoms with E-state index >= 15 is 0 Å². The maximum atomic E-state index is 14.5. The molecule has 11 heteroatoms. The minimum Gasteiger partial charge on any atom is -0.352 e. The Hall–Kier alpha value is -3.92. The molecule has 0 radical (unpaired) electrons. The number of nitrogens with zero attached hydrogens (tertiary/aromatic N) is 2. The number of amides is 2. The van der Waals surface area contributed by atoms with Gasteiger partial charge in [-0.3, -0.25) is 13.9 Å². The number of hydrogen-bond donors (Lipinski definition) is 1. The Morgan fingerprint density at radius 2 is 1.46 bits per heavy atom. The lowest BCUT2D eigenvalue weighted by atomic mass is 10.0. The van der Waals surface area contributed by atoms with E-state index in [1.165, 1.54) is 53.4 Å². The Morgan fingerprint density at radius 3 is 2.11 bits per heavy atom. The number of sulfonamides is 1. The van der Waals surface area contributed by atoms with Gasteiger partial charge < -0.3 is 10.2 Å². The van der Waals surface area contributed by atoms with Crippen molar-refractivity contribution in [3.05, 3.63) is 130 Å². The zero-order chi connectivity index (χ0) is 32.7. The Kier molecular flexibility index (Phi) is 11.0. The highest BCUT2D eigenvalue weighted by Crippen LogP contribution is 2.35. The van der Waals surface area contributed by atoms with Crippen molar-refractivity contribution in [1.82, 2.24) is 10.2 Å². The normalized spacial score (nSPS) is 14.1. The summed E-state index contributed by atoms with van der Waals surface area (Å²) in [4.78, 5) is 29.9. The predicted octanol–water partition coefficient (Wildman–Crippen LogP) is 7.03. The third-order valence-electron chi connectivity index (χ3n) is 8.05. The van der Waals surface area contributed by atoms with Crippen LogP contribution in [0.5, 0.6) is 0 Å². The summed E-state index contributed by atoms with van der Waals surface area (Å²) < 4.78 is 43.0. The molecule has 5 rings (SSSR count). The van der Waals surface area contributed by atoms with Gasteiger partial charge in [0, 0.05) is 19.0 Å². The molecule has 0 heterocycles. The summed E-state index contributed by atoms with van der Waals surface area (Å²) in [5, 5.41) is 3.20.